The zero-order valence-corrected chi connectivity index (χ0v) is 26.9. The molecule has 0 unspecified atom stereocenters. The SMILES string of the molecule is C=CC1=C(C)c2cc3nc(cc4[nH]c(cc5[nH]c(cc1n2)c(C)c5C=C)c(C)c4CCC(=O)O)C(CCC(=O)O)=C3C.Cl.[Co]. The molecule has 8 bridgehead atoms. The zero-order chi connectivity index (χ0) is 30.3. The van der Waals surface area contributed by atoms with Gasteiger partial charge < -0.3 is 20.2 Å². The van der Waals surface area contributed by atoms with Crippen LogP contribution in [0, 0.1) is 13.8 Å². The number of aromatic amines is 2. The molecule has 2 aliphatic rings. The summed E-state index contributed by atoms with van der Waals surface area (Å²) in [5.41, 5.74) is 13.7. The summed E-state index contributed by atoms with van der Waals surface area (Å²) in [6.45, 7) is 16.0. The van der Waals surface area contributed by atoms with Crippen molar-refractivity contribution in [3.05, 3.63) is 88.5 Å². The predicted octanol–water partition coefficient (Wildman–Crippen LogP) is 7.92. The number of nitrogens with zero attached hydrogens (tertiary/aromatic N) is 2. The Labute approximate surface area is 272 Å². The van der Waals surface area contributed by atoms with Gasteiger partial charge in [0.25, 0.3) is 0 Å². The summed E-state index contributed by atoms with van der Waals surface area (Å²) < 4.78 is 0. The Morgan fingerprint density at radius 2 is 1.30 bits per heavy atom. The molecule has 8 nitrogen and oxygen atoms in total. The summed E-state index contributed by atoms with van der Waals surface area (Å²) in [5, 5.41) is 18.9. The van der Waals surface area contributed by atoms with E-state index in [0.717, 1.165) is 78.0 Å². The van der Waals surface area contributed by atoms with Gasteiger partial charge in [-0.2, -0.15) is 0 Å². The van der Waals surface area contributed by atoms with Crippen molar-refractivity contribution < 1.29 is 36.6 Å². The summed E-state index contributed by atoms with van der Waals surface area (Å²) in [7, 11) is 0. The molecule has 2 aliphatic heterocycles. The van der Waals surface area contributed by atoms with Crippen LogP contribution in [0.1, 0.15) is 78.1 Å². The second-order valence-electron chi connectivity index (χ2n) is 10.7. The Hall–Kier alpha value is -4.18. The molecule has 0 amide bonds. The van der Waals surface area contributed by atoms with Crippen LogP contribution in [0.25, 0.3) is 50.4 Å². The minimum absolute atomic E-state index is 0. The average molecular weight is 658 g/mol. The Morgan fingerprint density at radius 1 is 0.727 bits per heavy atom. The maximum absolute atomic E-state index is 11.5. The van der Waals surface area contributed by atoms with Crippen molar-refractivity contribution in [2.45, 2.75) is 53.4 Å². The van der Waals surface area contributed by atoms with E-state index in [9.17, 15) is 19.8 Å². The van der Waals surface area contributed by atoms with Gasteiger partial charge in [0.15, 0.2) is 0 Å². The fourth-order valence-electron chi connectivity index (χ4n) is 5.77. The van der Waals surface area contributed by atoms with Crippen LogP contribution in [0.15, 0.2) is 43.5 Å². The number of carbonyl (C=O) groups is 2. The first-order valence-electron chi connectivity index (χ1n) is 13.9. The second-order valence-corrected chi connectivity index (χ2v) is 10.7. The molecule has 0 spiro atoms. The fraction of sp³-hybridized carbons (Fsp3) is 0.235. The van der Waals surface area contributed by atoms with E-state index in [0.29, 0.717) is 24.2 Å². The number of aliphatic carboxylic acids is 2. The van der Waals surface area contributed by atoms with Crippen LogP contribution in [-0.2, 0) is 32.8 Å². The average Bonchev–Trinajstić information content (AvgIpc) is 3.59. The van der Waals surface area contributed by atoms with E-state index < -0.39 is 11.9 Å². The van der Waals surface area contributed by atoms with Crippen LogP contribution in [-0.4, -0.2) is 42.1 Å². The number of aromatic nitrogens is 4. The zero-order valence-electron chi connectivity index (χ0n) is 25.1. The van der Waals surface area contributed by atoms with E-state index in [1.807, 2.05) is 64.1 Å². The van der Waals surface area contributed by atoms with Crippen LogP contribution in [0.2, 0.25) is 0 Å². The normalized spacial score (nSPS) is 12.5. The van der Waals surface area contributed by atoms with Gasteiger partial charge in [0.1, 0.15) is 0 Å². The molecule has 0 atom stereocenters. The third-order valence-electron chi connectivity index (χ3n) is 8.22. The van der Waals surface area contributed by atoms with Crippen LogP contribution in [0.3, 0.4) is 0 Å². The molecule has 3 aromatic rings. The molecule has 0 fully saturated rings. The van der Waals surface area contributed by atoms with Crippen molar-refractivity contribution >= 4 is 74.8 Å². The molecule has 0 aromatic carbocycles. The van der Waals surface area contributed by atoms with E-state index in [2.05, 4.69) is 23.1 Å². The number of allylic oxidation sites excluding steroid dienone is 5. The molecule has 0 saturated carbocycles. The first kappa shape index (κ1) is 34.3. The largest absolute Gasteiger partial charge is 0.481 e. The maximum atomic E-state index is 11.5. The summed E-state index contributed by atoms with van der Waals surface area (Å²) in [6, 6.07) is 7.88. The first-order valence-corrected chi connectivity index (χ1v) is 13.9. The Balaban J connectivity index is 0.00000264. The third-order valence-corrected chi connectivity index (χ3v) is 8.22. The van der Waals surface area contributed by atoms with Gasteiger partial charge in [0.2, 0.25) is 0 Å². The molecule has 3 aromatic heterocycles. The van der Waals surface area contributed by atoms with Crippen LogP contribution < -0.4 is 0 Å². The van der Waals surface area contributed by atoms with Gasteiger partial charge in [-0.15, -0.1) is 12.4 Å². The molecule has 0 aliphatic carbocycles. The number of fused-ring (bicyclic) bond motifs is 8. The van der Waals surface area contributed by atoms with Crippen LogP contribution in [0.5, 0.6) is 0 Å². The quantitative estimate of drug-likeness (QED) is 0.195. The third kappa shape index (κ3) is 6.35. The molecule has 4 N–H and O–H groups in total. The molecule has 5 heterocycles. The van der Waals surface area contributed by atoms with Crippen molar-refractivity contribution in [1.29, 1.82) is 0 Å². The van der Waals surface area contributed by atoms with Crippen molar-refractivity contribution in [2.75, 3.05) is 0 Å². The molecule has 0 saturated heterocycles. The number of hydrogen-bond acceptors (Lipinski definition) is 4. The number of H-pyrrole nitrogens is 2. The summed E-state index contributed by atoms with van der Waals surface area (Å²) in [5.74, 6) is -1.76. The van der Waals surface area contributed by atoms with Gasteiger partial charge in [0.05, 0.1) is 22.8 Å². The molecule has 5 rings (SSSR count). The number of hydrogen-bond donors (Lipinski definition) is 4. The van der Waals surface area contributed by atoms with Gasteiger partial charge in [-0.05, 0) is 98.2 Å². The van der Waals surface area contributed by atoms with E-state index >= 15 is 0 Å². The van der Waals surface area contributed by atoms with E-state index in [4.69, 9.17) is 9.97 Å². The van der Waals surface area contributed by atoms with E-state index in [1.54, 1.807) is 0 Å². The number of carboxylic acid groups (broad SMARTS) is 2. The number of rotatable bonds is 8. The van der Waals surface area contributed by atoms with Crippen molar-refractivity contribution in [2.24, 2.45) is 0 Å². The first-order chi connectivity index (χ1) is 20.0. The molecule has 1 radical (unpaired) electrons. The number of halogens is 1. The minimum atomic E-state index is -0.886. The van der Waals surface area contributed by atoms with Gasteiger partial charge >= 0.3 is 11.9 Å². The number of carboxylic acids is 2. The van der Waals surface area contributed by atoms with E-state index in [1.165, 1.54) is 0 Å². The van der Waals surface area contributed by atoms with Gasteiger partial charge in [-0.25, -0.2) is 9.97 Å². The number of nitrogens with one attached hydrogen (secondary N) is 2. The minimum Gasteiger partial charge on any atom is -0.481 e. The summed E-state index contributed by atoms with van der Waals surface area (Å²) >= 11 is 0. The van der Waals surface area contributed by atoms with Gasteiger partial charge in [0, 0.05) is 62.8 Å². The van der Waals surface area contributed by atoms with Crippen LogP contribution in [0.4, 0.5) is 0 Å². The van der Waals surface area contributed by atoms with Crippen molar-refractivity contribution in [3.8, 4) is 0 Å². The standard InChI is InChI=1S/C34H34N4O4.ClH.Co/c1-7-21-17(3)25-13-26-19(5)23(9-11-33(39)40)31(37-26)16-32-24(10-12-34(41)42)20(6)28(38-32)15-30-22(8-2)18(4)27(36-30)14-29(21)35-25;;/h7-8,13-16,36,38H,1-2,9-12H2,3-6H3,(H,39,40)(H,41,42);1H;. The van der Waals surface area contributed by atoms with Gasteiger partial charge in [-0.3, -0.25) is 9.59 Å². The summed E-state index contributed by atoms with van der Waals surface area (Å²) in [6.07, 6.45) is 4.22. The smallest absolute Gasteiger partial charge is 0.303 e. The molecule has 10 heteroatoms. The Morgan fingerprint density at radius 3 is 1.93 bits per heavy atom. The summed E-state index contributed by atoms with van der Waals surface area (Å²) in [4.78, 5) is 40.0. The Kier molecular flexibility index (Phi) is 10.6. The Bertz CT molecular complexity index is 1930. The van der Waals surface area contributed by atoms with Crippen molar-refractivity contribution in [3.63, 3.8) is 0 Å². The van der Waals surface area contributed by atoms with Crippen LogP contribution >= 0.6 is 12.4 Å². The van der Waals surface area contributed by atoms with Crippen molar-refractivity contribution in [1.82, 2.24) is 19.9 Å². The van der Waals surface area contributed by atoms with Gasteiger partial charge in [-0.1, -0.05) is 25.3 Å². The molecule has 231 valence electrons. The fourth-order valence-corrected chi connectivity index (χ4v) is 5.77. The predicted molar refractivity (Wildman–Crippen MR) is 176 cm³/mol. The molecular weight excluding hydrogens is 623 g/mol. The molecular formula is C34H35ClCoN4O4. The van der Waals surface area contributed by atoms with E-state index in [-0.39, 0.29) is 42.0 Å². The maximum Gasteiger partial charge on any atom is 0.303 e. The topological polar surface area (TPSA) is 132 Å². The number of aryl methyl sites for hydroxylation is 3. The second kappa shape index (κ2) is 13.6. The monoisotopic (exact) mass is 657 g/mol. The molecule has 44 heavy (non-hydrogen) atoms.